The topological polar surface area (TPSA) is 485 Å². The van der Waals surface area contributed by atoms with Crippen molar-refractivity contribution < 1.29 is 91.1 Å². The number of sulfonamides is 5. The van der Waals surface area contributed by atoms with Gasteiger partial charge in [0.2, 0.25) is 20.7 Å². The molecule has 664 valence electrons. The van der Waals surface area contributed by atoms with E-state index in [1.807, 2.05) is 165 Å². The van der Waals surface area contributed by atoms with Gasteiger partial charge in [0.1, 0.15) is 18.7 Å². The van der Waals surface area contributed by atoms with E-state index in [-0.39, 0.29) is 86.1 Å². The molecule has 15 aromatic rings. The molecule has 129 heavy (non-hydrogen) atoms. The van der Waals surface area contributed by atoms with Gasteiger partial charge in [0.15, 0.2) is 25.9 Å². The zero-order valence-electron chi connectivity index (χ0n) is 69.7. The van der Waals surface area contributed by atoms with Crippen LogP contribution < -0.4 is 28.2 Å². The number of halogens is 1. The van der Waals surface area contributed by atoms with Crippen LogP contribution in [0.2, 0.25) is 5.28 Å². The summed E-state index contributed by atoms with van der Waals surface area (Å²) in [5, 5.41) is 44.9. The molecule has 0 amide bonds. The van der Waals surface area contributed by atoms with E-state index in [2.05, 4.69) is 48.9 Å². The van der Waals surface area contributed by atoms with Crippen molar-refractivity contribution in [2.24, 2.45) is 35.2 Å². The Morgan fingerprint density at radius 3 is 0.961 bits per heavy atom. The van der Waals surface area contributed by atoms with Crippen LogP contribution in [-0.4, -0.2) is 136 Å². The molecule has 0 aliphatic carbocycles. The van der Waals surface area contributed by atoms with E-state index >= 15 is 0 Å². The number of nitrogens with one attached hydrogen (secondary N) is 5. The minimum atomic E-state index is -4.08. The summed E-state index contributed by atoms with van der Waals surface area (Å²) < 4.78 is 146. The number of ketones is 1. The molecule has 0 bridgehead atoms. The van der Waals surface area contributed by atoms with Crippen molar-refractivity contribution in [3.63, 3.8) is 0 Å². The SMILES string of the molecule is CC(=O)c1ccc(-c2ccccc2)cc1NS(=O)(=O)c1c[n+](C)c(C)s1.Cc1nc(S(=O)(=O)Nc2cc(-c3ccccc3)ccc2C(=O)O)cn1C.Cc1ncc(S(=O)(=O)Nc2cc(-c3ccccc3)ccc2C(=O)O)n1C.Cn1c(S(=O)(=O)Nc2cc(-c3ccccc3)ccc2C(=O)O)cnc1Cl.Cn1nncc1S(=O)(=O)Nc1cc(-c2ccccc2)ccc1C(=O)O. The van der Waals surface area contributed by atoms with Gasteiger partial charge in [-0.25, -0.2) is 47.2 Å². The molecule has 41 heteroatoms. The number of carboxylic acids is 4. The summed E-state index contributed by atoms with van der Waals surface area (Å²) in [6, 6.07) is 69.8. The van der Waals surface area contributed by atoms with Gasteiger partial charge < -0.3 is 34.1 Å². The number of hydrogen-bond acceptors (Lipinski definition) is 21. The Hall–Kier alpha value is -14.8. The van der Waals surface area contributed by atoms with Crippen LogP contribution >= 0.6 is 22.9 Å². The fourth-order valence-electron chi connectivity index (χ4n) is 12.4. The maximum absolute atomic E-state index is 12.8. The highest BCUT2D eigenvalue weighted by Gasteiger charge is 2.30. The van der Waals surface area contributed by atoms with Gasteiger partial charge in [0.05, 0.1) is 69.3 Å². The van der Waals surface area contributed by atoms with Crippen molar-refractivity contribution in [1.82, 2.24) is 43.6 Å². The summed E-state index contributed by atoms with van der Waals surface area (Å²) in [6.45, 7) is 6.63. The van der Waals surface area contributed by atoms with Crippen LogP contribution in [0.15, 0.2) is 298 Å². The number of rotatable bonds is 25. The van der Waals surface area contributed by atoms with Crippen molar-refractivity contribution in [2.45, 2.75) is 52.0 Å². The summed E-state index contributed by atoms with van der Waals surface area (Å²) in [5.41, 5.74) is 7.85. The number of Topliss-reactive ketones (excluding diaryl/α,β-unsaturated/α-hetero) is 1. The first kappa shape index (κ1) is 94.9. The normalized spacial score (nSPS) is 11.3. The smallest absolute Gasteiger partial charge is 0.337 e. The van der Waals surface area contributed by atoms with Crippen molar-refractivity contribution in [2.75, 3.05) is 23.6 Å². The number of carbonyl (C=O) groups is 5. The van der Waals surface area contributed by atoms with Gasteiger partial charge in [-0.05, 0) is 149 Å². The summed E-state index contributed by atoms with van der Waals surface area (Å²) in [6.07, 6.45) is 6.37. The van der Waals surface area contributed by atoms with Gasteiger partial charge >= 0.3 is 23.9 Å². The second-order valence-electron chi connectivity index (χ2n) is 28.2. The van der Waals surface area contributed by atoms with Gasteiger partial charge in [0.25, 0.3) is 50.1 Å². The van der Waals surface area contributed by atoms with Crippen molar-refractivity contribution in [3.05, 3.63) is 323 Å². The van der Waals surface area contributed by atoms with Crippen LogP contribution in [0.4, 0.5) is 28.4 Å². The first-order chi connectivity index (χ1) is 61.0. The molecule has 5 heterocycles. The number of carbonyl (C=O) groups excluding carboxylic acids is 1. The number of aryl methyl sites for hydroxylation is 6. The van der Waals surface area contributed by atoms with Crippen molar-refractivity contribution >= 4 is 131 Å². The zero-order valence-corrected chi connectivity index (χ0v) is 75.3. The molecule has 0 spiro atoms. The number of aromatic nitrogens is 10. The predicted molar refractivity (Wildman–Crippen MR) is 487 cm³/mol. The maximum Gasteiger partial charge on any atom is 0.337 e. The second kappa shape index (κ2) is 40.2. The predicted octanol–water partition coefficient (Wildman–Crippen LogP) is 14.6. The number of nitrogens with zero attached hydrogens (tertiary/aromatic N) is 10. The molecule has 9 N–H and O–H groups in total. The minimum Gasteiger partial charge on any atom is -0.478 e. The van der Waals surface area contributed by atoms with Crippen LogP contribution in [0, 0.1) is 20.8 Å². The molecule has 0 saturated carbocycles. The third-order valence-electron chi connectivity index (χ3n) is 19.4. The monoisotopic (exact) mass is 1880 g/mol. The lowest BCUT2D eigenvalue weighted by Gasteiger charge is -2.13. The fraction of sp³-hybridized carbons (Fsp3) is 0.102. The Labute approximate surface area is 750 Å². The highest BCUT2D eigenvalue weighted by molar-refractivity contribution is 7.95. The molecule has 0 aliphatic rings. The summed E-state index contributed by atoms with van der Waals surface area (Å²) in [4.78, 5) is 69.6. The Morgan fingerprint density at radius 1 is 0.380 bits per heavy atom. The summed E-state index contributed by atoms with van der Waals surface area (Å²) >= 11 is 6.97. The van der Waals surface area contributed by atoms with E-state index in [0.29, 0.717) is 39.5 Å². The Kier molecular flexibility index (Phi) is 29.6. The Balaban J connectivity index is 0.000000156. The van der Waals surface area contributed by atoms with E-state index in [1.165, 1.54) is 102 Å². The third-order valence-corrected chi connectivity index (χ3v) is 28.1. The lowest BCUT2D eigenvalue weighted by Crippen LogP contribution is -2.27. The molecule has 0 fully saturated rings. The summed E-state index contributed by atoms with van der Waals surface area (Å²) in [5.74, 6) is -4.06. The zero-order chi connectivity index (χ0) is 93.6. The van der Waals surface area contributed by atoms with Crippen LogP contribution in [0.25, 0.3) is 55.6 Å². The van der Waals surface area contributed by atoms with Crippen LogP contribution in [0.3, 0.4) is 0 Å². The molecule has 34 nitrogen and oxygen atoms in total. The minimum absolute atomic E-state index is 0.00173. The molecular formula is C88H81ClN15O19S6+. The lowest BCUT2D eigenvalue weighted by molar-refractivity contribution is -0.673. The standard InChI is InChI=1S/C19H18N2O3S2.2C18H17N3O4S.C17H14ClN3O4S.C16H14N4O4S/c1-13(22)17-10-9-16(15-7-5-4-6-8-15)11-18(17)20-26(23,24)19-12-21(3)14(2)25-19;1-12-19-17(11-21(12)2)26(24,25)20-16-10-14(8-9-15(16)18(22)23)13-6-4-3-5-7-13;1-12-19-11-17(21(12)2)26(24,25)20-16-10-14(8-9-15(16)18(22)23)13-6-4-3-5-7-13;1-21-15(10-19-17(21)18)26(24,25)20-14-9-12(7-8-13(14)16(22)23)11-5-3-2-4-6-11;1-20-15(10-17-19-20)25(23,24)18-14-9-12(7-8-13(14)16(21)22)11-5-3-2-4-6-11/h4-12H,1-3H3;2*3-11,20H,1-2H3,(H,22,23);2-10,20H,1H3,(H,22,23);2-10,18H,1H3,(H,21,22)/p+1. The highest BCUT2D eigenvalue weighted by atomic mass is 35.5. The number of hydrogen-bond donors (Lipinski definition) is 9. The molecule has 15 rings (SSSR count). The number of benzene rings is 10. The molecular weight excluding hydrogens is 1800 g/mol. The van der Waals surface area contributed by atoms with E-state index in [1.54, 1.807) is 86.7 Å². The first-order valence-corrected chi connectivity index (χ1v) is 46.7. The van der Waals surface area contributed by atoms with E-state index in [4.69, 9.17) is 11.6 Å². The molecule has 10 aromatic carbocycles. The van der Waals surface area contributed by atoms with Crippen molar-refractivity contribution in [3.8, 4) is 55.6 Å². The number of imidazole rings is 3. The third kappa shape index (κ3) is 23.3. The number of anilines is 5. The lowest BCUT2D eigenvalue weighted by atomic mass is 10.0. The van der Waals surface area contributed by atoms with E-state index in [0.717, 1.165) is 55.5 Å². The van der Waals surface area contributed by atoms with Gasteiger partial charge in [-0.15, -0.1) is 5.10 Å². The molecule has 0 atom stereocenters. The molecule has 0 unspecified atom stereocenters. The van der Waals surface area contributed by atoms with Crippen LogP contribution in [0.1, 0.15) is 75.4 Å². The van der Waals surface area contributed by atoms with Gasteiger partial charge in [-0.1, -0.05) is 199 Å². The van der Waals surface area contributed by atoms with E-state index in [9.17, 15) is 86.5 Å². The second-order valence-corrected chi connectivity index (χ2v) is 38.2. The fourth-order valence-corrected chi connectivity index (χ4v) is 19.7. The van der Waals surface area contributed by atoms with Crippen LogP contribution in [0.5, 0.6) is 0 Å². The quantitative estimate of drug-likeness (QED) is 0.0189. The van der Waals surface area contributed by atoms with Gasteiger partial charge in [0, 0.05) is 46.9 Å². The van der Waals surface area contributed by atoms with Gasteiger partial charge in [-0.3, -0.25) is 28.4 Å². The van der Waals surface area contributed by atoms with E-state index < -0.39 is 74.0 Å². The number of thiazole rings is 1. The maximum atomic E-state index is 12.8. The average Bonchev–Trinajstić information content (AvgIpc) is 1.76. The summed E-state index contributed by atoms with van der Waals surface area (Å²) in [7, 11) is -12.0. The average molecular weight is 1880 g/mol. The number of carboxylic acid groups (broad SMARTS) is 4. The first-order valence-electron chi connectivity index (χ1n) is 38.0. The molecule has 0 radical (unpaired) electrons. The Bertz CT molecular complexity index is 6960. The molecule has 0 aliphatic heterocycles. The van der Waals surface area contributed by atoms with Crippen LogP contribution in [-0.2, 0) is 85.4 Å². The van der Waals surface area contributed by atoms with Crippen molar-refractivity contribution in [1.29, 1.82) is 0 Å². The largest absolute Gasteiger partial charge is 0.478 e. The Morgan fingerprint density at radius 2 is 0.690 bits per heavy atom. The van der Waals surface area contributed by atoms with Gasteiger partial charge in [-0.2, -0.15) is 38.2 Å². The molecule has 5 aromatic heterocycles. The highest BCUT2D eigenvalue weighted by Crippen LogP contribution is 2.35. The molecule has 0 saturated heterocycles. The number of aromatic carboxylic acids is 4.